The van der Waals surface area contributed by atoms with Crippen molar-refractivity contribution in [2.24, 2.45) is 18.9 Å². The molecule has 0 radical (unpaired) electrons. The van der Waals surface area contributed by atoms with Crippen LogP contribution in [0.2, 0.25) is 0 Å². The molecular formula is C19H15FN8O2. The van der Waals surface area contributed by atoms with E-state index in [4.69, 9.17) is 4.52 Å². The van der Waals surface area contributed by atoms with Crippen LogP contribution < -0.4 is 10.5 Å². The summed E-state index contributed by atoms with van der Waals surface area (Å²) in [6, 6.07) is 3.56. The average molecular weight is 406 g/mol. The van der Waals surface area contributed by atoms with Crippen molar-refractivity contribution in [2.45, 2.75) is 18.0 Å². The van der Waals surface area contributed by atoms with Gasteiger partial charge in [0.1, 0.15) is 12.9 Å². The zero-order valence-electron chi connectivity index (χ0n) is 15.8. The first-order valence-corrected chi connectivity index (χ1v) is 9.66. The Morgan fingerprint density at radius 1 is 1.30 bits per heavy atom. The van der Waals surface area contributed by atoms with Gasteiger partial charge >= 0.3 is 0 Å². The largest absolute Gasteiger partial charge is 0.367 e. The van der Waals surface area contributed by atoms with Gasteiger partial charge in [0, 0.05) is 43.5 Å². The van der Waals surface area contributed by atoms with E-state index in [-0.39, 0.29) is 23.6 Å². The van der Waals surface area contributed by atoms with Crippen LogP contribution in [-0.4, -0.2) is 46.8 Å². The molecule has 4 fully saturated rings. The second kappa shape index (κ2) is 5.10. The number of piperidine rings is 1. The van der Waals surface area contributed by atoms with Crippen LogP contribution in [-0.2, 0) is 19.0 Å². The van der Waals surface area contributed by atoms with Crippen LogP contribution in [0.15, 0.2) is 40.3 Å². The average Bonchev–Trinajstić information content (AvgIpc) is 3.21. The van der Waals surface area contributed by atoms with Gasteiger partial charge in [0.25, 0.3) is 5.56 Å². The number of imidazole rings is 1. The SMILES string of the molecule is Cn1cnc2ncn(Cc3nc([C@@]45C6[C@H]4[C@H]5CN6c4ccnc(F)c4)no3)c(=O)c21. The first kappa shape index (κ1) is 16.2. The van der Waals surface area contributed by atoms with Crippen molar-refractivity contribution in [1.82, 2.24) is 34.2 Å². The Labute approximate surface area is 168 Å². The highest BCUT2D eigenvalue weighted by molar-refractivity contribution is 5.69. The molecule has 0 aromatic carbocycles. The number of halogens is 1. The first-order valence-electron chi connectivity index (χ1n) is 9.66. The third-order valence-electron chi connectivity index (χ3n) is 6.84. The Bertz CT molecular complexity index is 1400. The quantitative estimate of drug-likeness (QED) is 0.451. The summed E-state index contributed by atoms with van der Waals surface area (Å²) in [5, 5.41) is 4.22. The number of fused-ring (bicyclic) bond motifs is 2. The predicted octanol–water partition coefficient (Wildman–Crippen LogP) is 0.482. The number of pyridine rings is 1. The molecule has 150 valence electrons. The van der Waals surface area contributed by atoms with Crippen molar-refractivity contribution in [1.29, 1.82) is 0 Å². The van der Waals surface area contributed by atoms with Crippen LogP contribution in [0, 0.1) is 17.8 Å². The number of rotatable bonds is 4. The van der Waals surface area contributed by atoms with Crippen molar-refractivity contribution >= 4 is 16.9 Å². The molecule has 2 bridgehead atoms. The van der Waals surface area contributed by atoms with Gasteiger partial charge in [-0.15, -0.1) is 0 Å². The monoisotopic (exact) mass is 406 g/mol. The lowest BCUT2D eigenvalue weighted by molar-refractivity contribution is 0.362. The smallest absolute Gasteiger partial charge is 0.280 e. The molecule has 0 amide bonds. The van der Waals surface area contributed by atoms with Crippen LogP contribution in [0.3, 0.4) is 0 Å². The number of aryl methyl sites for hydroxylation is 1. The maximum atomic E-state index is 13.5. The Balaban J connectivity index is 1.17. The highest BCUT2D eigenvalue weighted by Crippen LogP contribution is 2.85. The first-order chi connectivity index (χ1) is 14.6. The molecule has 4 aliphatic rings. The zero-order valence-corrected chi connectivity index (χ0v) is 15.8. The van der Waals surface area contributed by atoms with Gasteiger partial charge in [-0.1, -0.05) is 5.16 Å². The van der Waals surface area contributed by atoms with Crippen LogP contribution in [0.25, 0.3) is 11.2 Å². The molecule has 6 heterocycles. The molecule has 2 saturated heterocycles. The molecule has 2 aliphatic heterocycles. The highest BCUT2D eigenvalue weighted by Gasteiger charge is 2.95. The van der Waals surface area contributed by atoms with Crippen LogP contribution in [0.1, 0.15) is 11.7 Å². The van der Waals surface area contributed by atoms with Gasteiger partial charge < -0.3 is 14.0 Å². The number of hydrogen-bond donors (Lipinski definition) is 0. The van der Waals surface area contributed by atoms with Crippen molar-refractivity contribution < 1.29 is 8.91 Å². The van der Waals surface area contributed by atoms with E-state index in [1.165, 1.54) is 23.2 Å². The summed E-state index contributed by atoms with van der Waals surface area (Å²) in [7, 11) is 1.75. The molecule has 0 N–H and O–H groups in total. The predicted molar refractivity (Wildman–Crippen MR) is 100 cm³/mol. The minimum absolute atomic E-state index is 0.100. The Kier molecular flexibility index (Phi) is 2.75. The van der Waals surface area contributed by atoms with E-state index in [0.29, 0.717) is 34.7 Å². The lowest BCUT2D eigenvalue weighted by Gasteiger charge is -2.18. The molecule has 8 rings (SSSR count). The standard InChI is InChI=1S/C19H15FN8O2/c1-26-7-22-16-14(26)17(29)27(8-23-16)6-12-24-18(25-30-12)19-10-5-28(15(19)13(10)19)9-2-3-21-11(20)4-9/h2-4,7-8,10,13,15H,5-6H2,1H3/t10-,13-,15?,19-/m1/s1. The van der Waals surface area contributed by atoms with Crippen molar-refractivity contribution in [2.75, 3.05) is 11.4 Å². The number of aromatic nitrogens is 7. The topological polar surface area (TPSA) is 108 Å². The number of anilines is 1. The Hall–Kier alpha value is -3.63. The number of nitrogens with zero attached hydrogens (tertiary/aromatic N) is 8. The van der Waals surface area contributed by atoms with E-state index in [9.17, 15) is 9.18 Å². The minimum Gasteiger partial charge on any atom is -0.367 e. The van der Waals surface area contributed by atoms with Crippen molar-refractivity contribution in [3.63, 3.8) is 0 Å². The molecular weight excluding hydrogens is 391 g/mol. The lowest BCUT2D eigenvalue weighted by Crippen LogP contribution is -2.23. The van der Waals surface area contributed by atoms with E-state index in [0.717, 1.165) is 12.2 Å². The van der Waals surface area contributed by atoms with E-state index < -0.39 is 5.95 Å². The zero-order chi connectivity index (χ0) is 20.2. The molecule has 1 unspecified atom stereocenters. The van der Waals surface area contributed by atoms with E-state index >= 15 is 0 Å². The second-order valence-electron chi connectivity index (χ2n) is 8.22. The third-order valence-corrected chi connectivity index (χ3v) is 6.84. The fraction of sp³-hybridized carbons (Fsp3) is 0.368. The normalized spacial score (nSPS) is 28.2. The summed E-state index contributed by atoms with van der Waals surface area (Å²) in [4.78, 5) is 31.5. The van der Waals surface area contributed by atoms with Gasteiger partial charge in [-0.2, -0.15) is 9.37 Å². The van der Waals surface area contributed by atoms with E-state index in [2.05, 4.69) is 30.0 Å². The summed E-state index contributed by atoms with van der Waals surface area (Å²) in [6.45, 7) is 0.999. The van der Waals surface area contributed by atoms with E-state index in [1.807, 2.05) is 6.07 Å². The second-order valence-corrected chi connectivity index (χ2v) is 8.22. The fourth-order valence-electron chi connectivity index (χ4n) is 5.40. The maximum absolute atomic E-state index is 13.5. The molecule has 30 heavy (non-hydrogen) atoms. The van der Waals surface area contributed by atoms with Gasteiger partial charge in [-0.3, -0.25) is 9.36 Å². The van der Waals surface area contributed by atoms with E-state index in [1.54, 1.807) is 17.9 Å². The summed E-state index contributed by atoms with van der Waals surface area (Å²) in [6.07, 6.45) is 4.49. The molecule has 2 saturated carbocycles. The summed E-state index contributed by atoms with van der Waals surface area (Å²) >= 11 is 0. The van der Waals surface area contributed by atoms with Crippen molar-refractivity contribution in [3.8, 4) is 0 Å². The molecule has 0 spiro atoms. The molecule has 2 aliphatic carbocycles. The Morgan fingerprint density at radius 3 is 3.00 bits per heavy atom. The van der Waals surface area contributed by atoms with Gasteiger partial charge in [-0.25, -0.2) is 15.0 Å². The van der Waals surface area contributed by atoms with Crippen molar-refractivity contribution in [3.05, 3.63) is 59.0 Å². The van der Waals surface area contributed by atoms with Crippen LogP contribution in [0.4, 0.5) is 10.1 Å². The summed E-state index contributed by atoms with van der Waals surface area (Å²) < 4.78 is 22.1. The third kappa shape index (κ3) is 1.83. The molecule has 4 aromatic rings. The fourth-order valence-corrected chi connectivity index (χ4v) is 5.40. The molecule has 4 atom stereocenters. The van der Waals surface area contributed by atoms with Crippen LogP contribution >= 0.6 is 0 Å². The summed E-state index contributed by atoms with van der Waals surface area (Å²) in [5.74, 6) is 1.50. The summed E-state index contributed by atoms with van der Waals surface area (Å²) in [5.41, 5.74) is 1.37. The molecule has 4 aromatic heterocycles. The highest BCUT2D eigenvalue weighted by atomic mass is 19.1. The maximum Gasteiger partial charge on any atom is 0.280 e. The Morgan fingerprint density at radius 2 is 2.17 bits per heavy atom. The molecule has 10 nitrogen and oxygen atoms in total. The van der Waals surface area contributed by atoms with Gasteiger partial charge in [0.2, 0.25) is 11.8 Å². The minimum atomic E-state index is -0.480. The van der Waals surface area contributed by atoms with Gasteiger partial charge in [0.15, 0.2) is 17.0 Å². The van der Waals surface area contributed by atoms with Gasteiger partial charge in [0.05, 0.1) is 11.7 Å². The molecule has 11 heteroatoms. The number of hydrogen-bond acceptors (Lipinski definition) is 8. The van der Waals surface area contributed by atoms with Crippen LogP contribution in [0.5, 0.6) is 0 Å². The lowest BCUT2D eigenvalue weighted by atomic mass is 10.1. The van der Waals surface area contributed by atoms with Gasteiger partial charge in [-0.05, 0) is 12.0 Å².